The molecule has 0 saturated carbocycles. The molecule has 0 rings (SSSR count). The predicted octanol–water partition coefficient (Wildman–Crippen LogP) is 1.73. The zero-order chi connectivity index (χ0) is 6.41. The van der Waals surface area contributed by atoms with Gasteiger partial charge < -0.3 is 4.55 Å². The van der Waals surface area contributed by atoms with Crippen molar-refractivity contribution in [2.75, 3.05) is 0 Å². The Bertz CT molecular complexity index is 82.5. The largest absolute Gasteiger partial charge is 0.326 e. The summed E-state index contributed by atoms with van der Waals surface area (Å²) >= 11 is 0.890. The average molecular weight is 148 g/mol. The van der Waals surface area contributed by atoms with Crippen LogP contribution in [-0.4, -0.2) is 14.1 Å². The lowest BCUT2D eigenvalue weighted by Crippen LogP contribution is -1.80. The molecule has 0 heterocycles. The maximum atomic E-state index is 8.53. The van der Waals surface area contributed by atoms with Gasteiger partial charge in [0.25, 0.3) is 0 Å². The topological polar surface area (TPSA) is 20.2 Å². The van der Waals surface area contributed by atoms with E-state index in [0.29, 0.717) is 0 Å². The van der Waals surface area contributed by atoms with Crippen molar-refractivity contribution in [3.05, 3.63) is 11.0 Å². The summed E-state index contributed by atoms with van der Waals surface area (Å²) in [6.07, 6.45) is 1.97. The van der Waals surface area contributed by atoms with Gasteiger partial charge in [-0.25, -0.2) is 0 Å². The van der Waals surface area contributed by atoms with Crippen LogP contribution in [0.15, 0.2) is 11.0 Å². The van der Waals surface area contributed by atoms with Crippen molar-refractivity contribution in [3.63, 3.8) is 0 Å². The molecule has 3 heteroatoms. The summed E-state index contributed by atoms with van der Waals surface area (Å²) in [7, 11) is 0.0954. The summed E-state index contributed by atoms with van der Waals surface area (Å²) in [5, 5.41) is 0. The van der Waals surface area contributed by atoms with Crippen LogP contribution in [0.1, 0.15) is 6.92 Å². The number of allylic oxidation sites excluding steroid dienone is 2. The van der Waals surface area contributed by atoms with Crippen molar-refractivity contribution in [2.24, 2.45) is 0 Å². The summed E-state index contributed by atoms with van der Waals surface area (Å²) in [6, 6.07) is 1.14. The fourth-order valence-corrected chi connectivity index (χ4v) is 2.35. The van der Waals surface area contributed by atoms with Crippen molar-refractivity contribution in [3.8, 4) is 0 Å². The van der Waals surface area contributed by atoms with Crippen LogP contribution in [0.5, 0.6) is 0 Å². The lowest BCUT2D eigenvalue weighted by atomic mass is 10.6. The van der Waals surface area contributed by atoms with Crippen LogP contribution in [0.2, 0.25) is 12.6 Å². The van der Waals surface area contributed by atoms with Crippen LogP contribution in [0.25, 0.3) is 0 Å². The van der Waals surface area contributed by atoms with E-state index in [9.17, 15) is 0 Å². The second kappa shape index (κ2) is 5.40. The molecule has 0 atom stereocenters. The molecule has 0 aromatic heterocycles. The second-order valence-electron chi connectivity index (χ2n) is 1.60. The van der Waals surface area contributed by atoms with Crippen molar-refractivity contribution < 1.29 is 4.55 Å². The quantitative estimate of drug-likeness (QED) is 0.486. The molecule has 0 aliphatic carbocycles. The first-order valence-corrected chi connectivity index (χ1v) is 6.00. The molecule has 1 nitrogen and oxygen atoms in total. The molecule has 0 amide bonds. The van der Waals surface area contributed by atoms with E-state index < -0.39 is 0 Å². The van der Waals surface area contributed by atoms with Crippen LogP contribution >= 0.6 is 12.0 Å². The van der Waals surface area contributed by atoms with E-state index in [1.54, 1.807) is 0 Å². The second-order valence-corrected chi connectivity index (χ2v) is 3.80. The molecule has 0 spiro atoms. The van der Waals surface area contributed by atoms with Crippen LogP contribution in [0.3, 0.4) is 0 Å². The van der Waals surface area contributed by atoms with Gasteiger partial charge in [-0.05, 0) is 13.0 Å². The molecule has 1 N–H and O–H groups in total. The van der Waals surface area contributed by atoms with Crippen molar-refractivity contribution in [1.82, 2.24) is 0 Å². The highest BCUT2D eigenvalue weighted by molar-refractivity contribution is 7.97. The van der Waals surface area contributed by atoms with Crippen molar-refractivity contribution >= 4 is 21.6 Å². The Morgan fingerprint density at radius 2 is 2.50 bits per heavy atom. The van der Waals surface area contributed by atoms with Gasteiger partial charge in [-0.2, -0.15) is 0 Å². The summed E-state index contributed by atoms with van der Waals surface area (Å²) in [4.78, 5) is 1.12. The van der Waals surface area contributed by atoms with E-state index in [4.69, 9.17) is 4.55 Å². The molecule has 8 heavy (non-hydrogen) atoms. The summed E-state index contributed by atoms with van der Waals surface area (Å²) in [6.45, 7) is 4.20. The lowest BCUT2D eigenvalue weighted by Gasteiger charge is -1.94. The number of rotatable bonds is 3. The van der Waals surface area contributed by atoms with Gasteiger partial charge >= 0.3 is 0 Å². The smallest absolute Gasteiger partial charge is 0.0224 e. The highest BCUT2D eigenvalue weighted by atomic mass is 32.2. The Balaban J connectivity index is 3.38. The lowest BCUT2D eigenvalue weighted by molar-refractivity contribution is 0.669. The number of hydrogen-bond donors (Lipinski definition) is 1. The average Bonchev–Trinajstić information content (AvgIpc) is 1.83. The minimum Gasteiger partial charge on any atom is -0.326 e. The third-order valence-electron chi connectivity index (χ3n) is 0.936. The molecule has 48 valence electrons. The minimum absolute atomic E-state index is 0.0954. The molecular formula is C5H12OSSi. The van der Waals surface area contributed by atoms with Gasteiger partial charge in [0.05, 0.1) is 0 Å². The van der Waals surface area contributed by atoms with Gasteiger partial charge in [-0.1, -0.05) is 12.6 Å². The Morgan fingerprint density at radius 3 is 2.62 bits per heavy atom. The molecular weight excluding hydrogens is 136 g/mol. The van der Waals surface area contributed by atoms with Gasteiger partial charge in [0.2, 0.25) is 0 Å². The van der Waals surface area contributed by atoms with Crippen LogP contribution in [0, 0.1) is 0 Å². The van der Waals surface area contributed by atoms with E-state index >= 15 is 0 Å². The monoisotopic (exact) mass is 148 g/mol. The standard InChI is InChI=1S/C5H12OSSi/c1-3-5(7-6)4-8-2/h3,6H,4,8H2,1-2H3/b5-3+. The first-order chi connectivity index (χ1) is 3.85. The van der Waals surface area contributed by atoms with Gasteiger partial charge in [0, 0.05) is 26.5 Å². The van der Waals surface area contributed by atoms with Crippen LogP contribution in [-0.2, 0) is 0 Å². The molecule has 0 aliphatic rings. The van der Waals surface area contributed by atoms with E-state index in [0.717, 1.165) is 23.0 Å². The predicted molar refractivity (Wildman–Crippen MR) is 43.2 cm³/mol. The summed E-state index contributed by atoms with van der Waals surface area (Å²) < 4.78 is 8.53. The molecule has 0 aromatic carbocycles. The highest BCUT2D eigenvalue weighted by Crippen LogP contribution is 2.14. The van der Waals surface area contributed by atoms with Gasteiger partial charge in [0.1, 0.15) is 0 Å². The van der Waals surface area contributed by atoms with Crippen LogP contribution < -0.4 is 0 Å². The first kappa shape index (κ1) is 8.27. The molecule has 0 aromatic rings. The van der Waals surface area contributed by atoms with Gasteiger partial charge in [-0.3, -0.25) is 0 Å². The van der Waals surface area contributed by atoms with E-state index in [2.05, 4.69) is 6.55 Å². The van der Waals surface area contributed by atoms with E-state index in [1.807, 2.05) is 13.0 Å². The number of hydrogen-bond acceptors (Lipinski definition) is 2. The van der Waals surface area contributed by atoms with Crippen molar-refractivity contribution in [1.29, 1.82) is 0 Å². The van der Waals surface area contributed by atoms with Crippen molar-refractivity contribution in [2.45, 2.75) is 19.5 Å². The Kier molecular flexibility index (Phi) is 5.58. The minimum atomic E-state index is 0.0954. The fourth-order valence-electron chi connectivity index (χ4n) is 0.489. The molecule has 0 radical (unpaired) electrons. The highest BCUT2D eigenvalue weighted by Gasteiger charge is 1.90. The van der Waals surface area contributed by atoms with Crippen LogP contribution in [0.4, 0.5) is 0 Å². The Morgan fingerprint density at radius 1 is 1.88 bits per heavy atom. The maximum Gasteiger partial charge on any atom is 0.0224 e. The summed E-state index contributed by atoms with van der Waals surface area (Å²) in [5.74, 6) is 0. The SMILES string of the molecule is C/C=C(\C[SiH2]C)SO. The molecule has 0 saturated heterocycles. The zero-order valence-electron chi connectivity index (χ0n) is 5.35. The molecule has 0 fully saturated rings. The summed E-state index contributed by atoms with van der Waals surface area (Å²) in [5.41, 5.74) is 0. The normalized spacial score (nSPS) is 13.6. The molecule has 0 aliphatic heterocycles. The molecule has 0 bridgehead atoms. The first-order valence-electron chi connectivity index (χ1n) is 2.81. The van der Waals surface area contributed by atoms with Gasteiger partial charge in [0.15, 0.2) is 0 Å². The van der Waals surface area contributed by atoms with E-state index in [-0.39, 0.29) is 9.52 Å². The zero-order valence-corrected chi connectivity index (χ0v) is 7.58. The fraction of sp³-hybridized carbons (Fsp3) is 0.600. The maximum absolute atomic E-state index is 8.53. The Labute approximate surface area is 57.2 Å². The molecule has 0 unspecified atom stereocenters. The third kappa shape index (κ3) is 3.29. The van der Waals surface area contributed by atoms with E-state index in [1.165, 1.54) is 0 Å². The Hall–Kier alpha value is 0.267. The van der Waals surface area contributed by atoms with Gasteiger partial charge in [-0.15, -0.1) is 0 Å². The third-order valence-corrected chi connectivity index (χ3v) is 3.01.